The van der Waals surface area contributed by atoms with Gasteiger partial charge in [-0.15, -0.1) is 0 Å². The molecule has 0 radical (unpaired) electrons. The normalized spacial score (nSPS) is 10.4. The Morgan fingerprint density at radius 1 is 0.833 bits per heavy atom. The van der Waals surface area contributed by atoms with Crippen LogP contribution < -0.4 is 5.73 Å². The van der Waals surface area contributed by atoms with Crippen LogP contribution in [0.3, 0.4) is 0 Å². The third-order valence-corrected chi connectivity index (χ3v) is 3.35. The van der Waals surface area contributed by atoms with Crippen molar-refractivity contribution in [1.29, 1.82) is 0 Å². The van der Waals surface area contributed by atoms with Crippen LogP contribution in [-0.2, 0) is 0 Å². The van der Waals surface area contributed by atoms with E-state index in [0.29, 0.717) is 20.8 Å². The van der Waals surface area contributed by atoms with E-state index in [1.54, 1.807) is 13.8 Å². The molecule has 1 aromatic carbocycles. The van der Waals surface area contributed by atoms with Gasteiger partial charge >= 0.3 is 0 Å². The summed E-state index contributed by atoms with van der Waals surface area (Å²) in [4.78, 5) is 0. The van der Waals surface area contributed by atoms with Crippen molar-refractivity contribution in [2.75, 3.05) is 5.73 Å². The third-order valence-electron chi connectivity index (χ3n) is 1.82. The molecular weight excluding hydrogens is 216 g/mol. The van der Waals surface area contributed by atoms with Crippen LogP contribution in [0.2, 0.25) is 15.1 Å². The number of nitrogens with two attached hydrogens (primary N) is 1. The molecule has 0 atom stereocenters. The van der Waals surface area contributed by atoms with Gasteiger partial charge in [0, 0.05) is 0 Å². The molecule has 0 heterocycles. The van der Waals surface area contributed by atoms with Gasteiger partial charge in [0.1, 0.15) is 0 Å². The Labute approximate surface area is 86.4 Å². The van der Waals surface area contributed by atoms with E-state index in [1.165, 1.54) is 0 Å². The molecule has 0 amide bonds. The molecule has 0 aromatic heterocycles. The smallest absolute Gasteiger partial charge is 0.0683 e. The van der Waals surface area contributed by atoms with Crippen molar-refractivity contribution in [3.05, 3.63) is 26.2 Å². The van der Waals surface area contributed by atoms with Gasteiger partial charge in [0.25, 0.3) is 0 Å². The van der Waals surface area contributed by atoms with Crippen LogP contribution in [0, 0.1) is 13.8 Å². The minimum atomic E-state index is 0.480. The van der Waals surface area contributed by atoms with Crippen LogP contribution >= 0.6 is 34.8 Å². The highest BCUT2D eigenvalue weighted by Crippen LogP contribution is 2.38. The number of hydrogen-bond donors (Lipinski definition) is 1. The fraction of sp³-hybridized carbons (Fsp3) is 0.250. The molecule has 0 bridgehead atoms. The lowest BCUT2D eigenvalue weighted by molar-refractivity contribution is 1.40. The molecule has 0 saturated heterocycles. The quantitative estimate of drug-likeness (QED) is 0.526. The number of halogens is 3. The Bertz CT molecular complexity index is 229. The average Bonchev–Trinajstić information content (AvgIpc) is 2.08. The summed E-state index contributed by atoms with van der Waals surface area (Å²) in [5, 5.41) is 1.45. The van der Waals surface area contributed by atoms with Crippen LogP contribution in [0.1, 0.15) is 11.1 Å². The van der Waals surface area contributed by atoms with Gasteiger partial charge in [-0.1, -0.05) is 34.8 Å². The predicted molar refractivity (Wildman–Crippen MR) is 55.4 cm³/mol. The molecule has 1 rings (SSSR count). The first kappa shape index (κ1) is 9.97. The molecule has 1 aromatic rings. The highest BCUT2D eigenvalue weighted by Gasteiger charge is 2.13. The summed E-state index contributed by atoms with van der Waals surface area (Å²) < 4.78 is 0. The summed E-state index contributed by atoms with van der Waals surface area (Å²) in [6, 6.07) is 0. The number of benzene rings is 1. The number of anilines is 1. The van der Waals surface area contributed by atoms with Crippen molar-refractivity contribution in [1.82, 2.24) is 0 Å². The van der Waals surface area contributed by atoms with Crippen LogP contribution in [0.4, 0.5) is 5.69 Å². The topological polar surface area (TPSA) is 26.0 Å². The summed E-state index contributed by atoms with van der Waals surface area (Å²) in [6.07, 6.45) is 0. The highest BCUT2D eigenvalue weighted by atomic mass is 35.5. The van der Waals surface area contributed by atoms with E-state index in [4.69, 9.17) is 40.5 Å². The predicted octanol–water partition coefficient (Wildman–Crippen LogP) is 3.85. The fourth-order valence-electron chi connectivity index (χ4n) is 0.910. The van der Waals surface area contributed by atoms with E-state index in [1.807, 2.05) is 0 Å². The van der Waals surface area contributed by atoms with Gasteiger partial charge in [-0.25, -0.2) is 0 Å². The van der Waals surface area contributed by atoms with Gasteiger partial charge in [0.15, 0.2) is 0 Å². The molecule has 0 fully saturated rings. The second-order valence-corrected chi connectivity index (χ2v) is 3.74. The number of hydrogen-bond acceptors (Lipinski definition) is 1. The lowest BCUT2D eigenvalue weighted by Gasteiger charge is -2.10. The maximum Gasteiger partial charge on any atom is 0.0683 e. The molecule has 1 nitrogen and oxygen atoms in total. The van der Waals surface area contributed by atoms with E-state index in [2.05, 4.69) is 0 Å². The Kier molecular flexibility index (Phi) is 2.77. The Morgan fingerprint density at radius 2 is 1.25 bits per heavy atom. The first-order valence-corrected chi connectivity index (χ1v) is 4.49. The highest BCUT2D eigenvalue weighted by molar-refractivity contribution is 6.45. The third kappa shape index (κ3) is 1.37. The van der Waals surface area contributed by atoms with Crippen LogP contribution in [0.15, 0.2) is 0 Å². The standard InChI is InChI=1S/C8H8Cl3N/c1-3-5(9)6(10)4(2)8(12)7(3)11/h12H2,1-2H3. The van der Waals surface area contributed by atoms with Crippen molar-refractivity contribution >= 4 is 40.5 Å². The first-order chi connectivity index (χ1) is 5.46. The van der Waals surface area contributed by atoms with Gasteiger partial charge in [-0.2, -0.15) is 0 Å². The zero-order valence-electron chi connectivity index (χ0n) is 6.71. The number of nitrogen functional groups attached to an aromatic ring is 1. The average molecular weight is 225 g/mol. The van der Waals surface area contributed by atoms with Crippen LogP contribution in [0.25, 0.3) is 0 Å². The largest absolute Gasteiger partial charge is 0.397 e. The van der Waals surface area contributed by atoms with E-state index < -0.39 is 0 Å². The molecular formula is C8H8Cl3N. The van der Waals surface area contributed by atoms with Crippen molar-refractivity contribution in [3.63, 3.8) is 0 Å². The van der Waals surface area contributed by atoms with Gasteiger partial charge < -0.3 is 5.73 Å². The van der Waals surface area contributed by atoms with Gasteiger partial charge in [-0.05, 0) is 25.0 Å². The SMILES string of the molecule is Cc1c(N)c(Cl)c(C)c(Cl)c1Cl. The van der Waals surface area contributed by atoms with Gasteiger partial charge in [-0.3, -0.25) is 0 Å². The lowest BCUT2D eigenvalue weighted by atomic mass is 10.1. The molecule has 2 N–H and O–H groups in total. The van der Waals surface area contributed by atoms with E-state index in [0.717, 1.165) is 11.1 Å². The van der Waals surface area contributed by atoms with Crippen LogP contribution in [-0.4, -0.2) is 0 Å². The molecule has 0 aliphatic heterocycles. The second-order valence-electron chi connectivity index (χ2n) is 2.61. The molecule has 0 aliphatic carbocycles. The summed E-state index contributed by atoms with van der Waals surface area (Å²) in [5.74, 6) is 0. The summed E-state index contributed by atoms with van der Waals surface area (Å²) in [7, 11) is 0. The van der Waals surface area contributed by atoms with Crippen molar-refractivity contribution < 1.29 is 0 Å². The molecule has 4 heteroatoms. The summed E-state index contributed by atoms with van der Waals surface area (Å²) in [5.41, 5.74) is 7.64. The van der Waals surface area contributed by atoms with E-state index in [-0.39, 0.29) is 0 Å². The Hall–Kier alpha value is -0.110. The van der Waals surface area contributed by atoms with Crippen molar-refractivity contribution in [2.24, 2.45) is 0 Å². The lowest BCUT2D eigenvalue weighted by Crippen LogP contribution is -1.95. The van der Waals surface area contributed by atoms with Gasteiger partial charge in [0.05, 0.1) is 20.8 Å². The molecule has 66 valence electrons. The number of rotatable bonds is 0. The van der Waals surface area contributed by atoms with Crippen LogP contribution in [0.5, 0.6) is 0 Å². The minimum Gasteiger partial charge on any atom is -0.397 e. The zero-order chi connectivity index (χ0) is 9.46. The first-order valence-electron chi connectivity index (χ1n) is 3.36. The minimum absolute atomic E-state index is 0.480. The Morgan fingerprint density at radius 3 is 1.75 bits per heavy atom. The summed E-state index contributed by atoms with van der Waals surface area (Å²) >= 11 is 17.7. The molecule has 0 aliphatic rings. The molecule has 0 spiro atoms. The maximum absolute atomic E-state index is 5.89. The van der Waals surface area contributed by atoms with E-state index >= 15 is 0 Å². The van der Waals surface area contributed by atoms with Crippen molar-refractivity contribution in [3.8, 4) is 0 Å². The van der Waals surface area contributed by atoms with Crippen molar-refractivity contribution in [2.45, 2.75) is 13.8 Å². The second kappa shape index (κ2) is 3.33. The maximum atomic E-state index is 5.89. The molecule has 0 unspecified atom stereocenters. The monoisotopic (exact) mass is 223 g/mol. The Balaban J connectivity index is 3.60. The zero-order valence-corrected chi connectivity index (χ0v) is 8.98. The summed E-state index contributed by atoms with van der Waals surface area (Å²) in [6.45, 7) is 3.57. The molecule has 0 saturated carbocycles. The molecule has 12 heavy (non-hydrogen) atoms. The van der Waals surface area contributed by atoms with E-state index in [9.17, 15) is 0 Å². The van der Waals surface area contributed by atoms with Gasteiger partial charge in [0.2, 0.25) is 0 Å². The fourth-order valence-corrected chi connectivity index (χ4v) is 1.67.